The van der Waals surface area contributed by atoms with E-state index in [2.05, 4.69) is 10.6 Å². The molecule has 154 valence electrons. The molecular formula is C21H22Cl2FN3O2. The summed E-state index contributed by atoms with van der Waals surface area (Å²) < 4.78 is 13.3. The Kier molecular flexibility index (Phi) is 6.65. The third kappa shape index (κ3) is 5.19. The van der Waals surface area contributed by atoms with Crippen molar-refractivity contribution in [2.45, 2.75) is 24.8 Å². The minimum absolute atomic E-state index is 0.00946. The number of nitrogens with zero attached hydrogens (tertiary/aromatic N) is 1. The first kappa shape index (κ1) is 21.4. The highest BCUT2D eigenvalue weighted by Gasteiger charge is 2.40. The third-order valence-electron chi connectivity index (χ3n) is 5.13. The number of anilines is 1. The van der Waals surface area contributed by atoms with E-state index < -0.39 is 6.03 Å². The Morgan fingerprint density at radius 1 is 1.07 bits per heavy atom. The van der Waals surface area contributed by atoms with E-state index in [-0.39, 0.29) is 29.6 Å². The molecule has 0 radical (unpaired) electrons. The summed E-state index contributed by atoms with van der Waals surface area (Å²) in [7, 11) is 3.42. The molecule has 2 aromatic rings. The van der Waals surface area contributed by atoms with Crippen LogP contribution in [0, 0.1) is 11.7 Å². The zero-order valence-electron chi connectivity index (χ0n) is 16.1. The highest BCUT2D eigenvalue weighted by atomic mass is 35.5. The van der Waals surface area contributed by atoms with Crippen LogP contribution in [0.1, 0.15) is 24.3 Å². The van der Waals surface area contributed by atoms with Crippen molar-refractivity contribution in [3.63, 3.8) is 0 Å². The van der Waals surface area contributed by atoms with E-state index in [9.17, 15) is 14.0 Å². The maximum absolute atomic E-state index is 13.3. The average molecular weight is 438 g/mol. The van der Waals surface area contributed by atoms with Gasteiger partial charge in [0.2, 0.25) is 5.91 Å². The van der Waals surface area contributed by atoms with Gasteiger partial charge in [-0.1, -0.05) is 35.3 Å². The Hall–Kier alpha value is -2.31. The molecule has 0 saturated heterocycles. The highest BCUT2D eigenvalue weighted by Crippen LogP contribution is 2.41. The number of carbonyl (C=O) groups excluding carboxylic acids is 2. The molecule has 29 heavy (non-hydrogen) atoms. The number of amides is 3. The largest absolute Gasteiger partial charge is 0.349 e. The van der Waals surface area contributed by atoms with Crippen molar-refractivity contribution in [3.05, 3.63) is 63.9 Å². The first-order chi connectivity index (χ1) is 13.7. The standard InChI is InChI=1S/C21H22Cl2FN3O2/c1-27(2)20(28)17-11-15(10-16(17)12-3-6-14(24)7-4-12)25-21(29)26-19-8-5-13(22)9-18(19)23/h3-9,15-17H,10-11H2,1-2H3,(H2,25,26,29)/t15-,16+,17-/m0/s1. The minimum atomic E-state index is -0.407. The Morgan fingerprint density at radius 3 is 2.38 bits per heavy atom. The number of rotatable bonds is 4. The van der Waals surface area contributed by atoms with Gasteiger partial charge in [-0.25, -0.2) is 9.18 Å². The molecular weight excluding hydrogens is 416 g/mol. The lowest BCUT2D eigenvalue weighted by atomic mass is 9.88. The van der Waals surface area contributed by atoms with Gasteiger partial charge in [-0.3, -0.25) is 4.79 Å². The van der Waals surface area contributed by atoms with Gasteiger partial charge >= 0.3 is 6.03 Å². The van der Waals surface area contributed by atoms with Crippen LogP contribution in [0.5, 0.6) is 0 Å². The van der Waals surface area contributed by atoms with Gasteiger partial charge in [0, 0.05) is 31.1 Å². The van der Waals surface area contributed by atoms with Crippen LogP contribution in [0.3, 0.4) is 0 Å². The van der Waals surface area contributed by atoms with Crippen molar-refractivity contribution < 1.29 is 14.0 Å². The van der Waals surface area contributed by atoms with Crippen LogP contribution >= 0.6 is 23.2 Å². The quantitative estimate of drug-likeness (QED) is 0.713. The molecule has 1 aliphatic rings. The number of nitrogens with one attached hydrogen (secondary N) is 2. The summed E-state index contributed by atoms with van der Waals surface area (Å²) in [6.45, 7) is 0. The van der Waals surface area contributed by atoms with Crippen LogP contribution in [0.4, 0.5) is 14.9 Å². The van der Waals surface area contributed by atoms with Crippen molar-refractivity contribution >= 4 is 40.8 Å². The SMILES string of the molecule is CN(C)C(=O)[C@H]1C[C@@H](NC(=O)Nc2ccc(Cl)cc2Cl)C[C@@H]1c1ccc(F)cc1. The second-order valence-corrected chi connectivity index (χ2v) is 8.23. The molecule has 3 atom stereocenters. The fourth-order valence-electron chi connectivity index (χ4n) is 3.77. The molecule has 0 aromatic heterocycles. The van der Waals surface area contributed by atoms with Crippen molar-refractivity contribution in [1.82, 2.24) is 10.2 Å². The number of hydrogen-bond donors (Lipinski definition) is 2. The molecule has 5 nitrogen and oxygen atoms in total. The lowest BCUT2D eigenvalue weighted by Crippen LogP contribution is -2.37. The van der Waals surface area contributed by atoms with Gasteiger partial charge in [0.25, 0.3) is 0 Å². The average Bonchev–Trinajstić information content (AvgIpc) is 3.07. The van der Waals surface area contributed by atoms with E-state index in [1.165, 1.54) is 12.1 Å². The van der Waals surface area contributed by atoms with Crippen LogP contribution in [0.15, 0.2) is 42.5 Å². The van der Waals surface area contributed by atoms with Gasteiger partial charge < -0.3 is 15.5 Å². The fourth-order valence-corrected chi connectivity index (χ4v) is 4.23. The Bertz CT molecular complexity index is 905. The van der Waals surface area contributed by atoms with Gasteiger partial charge in [-0.05, 0) is 54.7 Å². The molecule has 2 aromatic carbocycles. The highest BCUT2D eigenvalue weighted by molar-refractivity contribution is 6.36. The van der Waals surface area contributed by atoms with E-state index in [0.717, 1.165) is 5.56 Å². The molecule has 0 bridgehead atoms. The van der Waals surface area contributed by atoms with E-state index in [1.54, 1.807) is 49.3 Å². The van der Waals surface area contributed by atoms with Crippen LogP contribution in [0.2, 0.25) is 10.0 Å². The van der Waals surface area contributed by atoms with Crippen LogP contribution in [-0.4, -0.2) is 37.0 Å². The monoisotopic (exact) mass is 437 g/mol. The van der Waals surface area contributed by atoms with Crippen LogP contribution in [0.25, 0.3) is 0 Å². The molecule has 2 N–H and O–H groups in total. The Morgan fingerprint density at radius 2 is 1.76 bits per heavy atom. The summed E-state index contributed by atoms with van der Waals surface area (Å²) in [4.78, 5) is 26.7. The van der Waals surface area contributed by atoms with E-state index in [1.807, 2.05) is 0 Å². The molecule has 0 unspecified atom stereocenters. The number of urea groups is 1. The van der Waals surface area contributed by atoms with Crippen molar-refractivity contribution in [2.24, 2.45) is 5.92 Å². The van der Waals surface area contributed by atoms with Gasteiger partial charge in [-0.15, -0.1) is 0 Å². The molecule has 0 spiro atoms. The zero-order chi connectivity index (χ0) is 21.1. The summed E-state index contributed by atoms with van der Waals surface area (Å²) in [5.74, 6) is -0.726. The molecule has 1 saturated carbocycles. The summed E-state index contributed by atoms with van der Waals surface area (Å²) in [5.41, 5.74) is 1.33. The molecule has 1 aliphatic carbocycles. The first-order valence-electron chi connectivity index (χ1n) is 9.23. The summed E-state index contributed by atoms with van der Waals surface area (Å²) >= 11 is 12.0. The minimum Gasteiger partial charge on any atom is -0.349 e. The van der Waals surface area contributed by atoms with E-state index in [0.29, 0.717) is 28.6 Å². The zero-order valence-corrected chi connectivity index (χ0v) is 17.6. The lowest BCUT2D eigenvalue weighted by molar-refractivity contribution is -0.133. The summed E-state index contributed by atoms with van der Waals surface area (Å²) in [6, 6.07) is 10.4. The second-order valence-electron chi connectivity index (χ2n) is 7.39. The van der Waals surface area contributed by atoms with Crippen LogP contribution < -0.4 is 10.6 Å². The van der Waals surface area contributed by atoms with Crippen molar-refractivity contribution in [2.75, 3.05) is 19.4 Å². The smallest absolute Gasteiger partial charge is 0.319 e. The predicted molar refractivity (Wildman–Crippen MR) is 113 cm³/mol. The number of hydrogen-bond acceptors (Lipinski definition) is 2. The topological polar surface area (TPSA) is 61.4 Å². The van der Waals surface area contributed by atoms with Gasteiger partial charge in [-0.2, -0.15) is 0 Å². The van der Waals surface area contributed by atoms with Gasteiger partial charge in [0.1, 0.15) is 5.82 Å². The van der Waals surface area contributed by atoms with Crippen LogP contribution in [-0.2, 0) is 4.79 Å². The Balaban J connectivity index is 1.72. The maximum Gasteiger partial charge on any atom is 0.319 e. The molecule has 0 heterocycles. The lowest BCUT2D eigenvalue weighted by Gasteiger charge is -2.22. The molecule has 3 rings (SSSR count). The summed E-state index contributed by atoms with van der Waals surface area (Å²) in [6.07, 6.45) is 1.08. The third-order valence-corrected chi connectivity index (χ3v) is 5.68. The Labute approximate surface area is 179 Å². The second kappa shape index (κ2) is 9.01. The predicted octanol–water partition coefficient (Wildman–Crippen LogP) is 4.90. The number of halogens is 3. The van der Waals surface area contributed by atoms with E-state index >= 15 is 0 Å². The molecule has 3 amide bonds. The van der Waals surface area contributed by atoms with Crippen molar-refractivity contribution in [1.29, 1.82) is 0 Å². The number of benzene rings is 2. The fraction of sp³-hybridized carbons (Fsp3) is 0.333. The van der Waals surface area contributed by atoms with Crippen molar-refractivity contribution in [3.8, 4) is 0 Å². The number of carbonyl (C=O) groups is 2. The normalized spacial score (nSPS) is 20.9. The molecule has 1 fully saturated rings. The molecule has 0 aliphatic heterocycles. The molecule has 8 heteroatoms. The maximum atomic E-state index is 13.3. The first-order valence-corrected chi connectivity index (χ1v) is 9.99. The van der Waals surface area contributed by atoms with Gasteiger partial charge in [0.15, 0.2) is 0 Å². The van der Waals surface area contributed by atoms with Gasteiger partial charge in [0.05, 0.1) is 10.7 Å². The van der Waals surface area contributed by atoms with E-state index in [4.69, 9.17) is 23.2 Å². The summed E-state index contributed by atoms with van der Waals surface area (Å²) in [5, 5.41) is 6.44.